The van der Waals surface area contributed by atoms with Crippen molar-refractivity contribution in [2.24, 2.45) is 0 Å². The Morgan fingerprint density at radius 1 is 0.923 bits per heavy atom. The molecule has 2 radical (unpaired) electrons. The molecule has 1 nitrogen and oxygen atoms in total. The number of nitrogens with zero attached hydrogens (tertiary/aromatic N) is 1. The molecule has 1 aromatic rings. The molecule has 0 aliphatic carbocycles. The average Bonchev–Trinajstić information content (AvgIpc) is 2.20. The van der Waals surface area contributed by atoms with Gasteiger partial charge in [0.2, 0.25) is 0 Å². The summed E-state index contributed by atoms with van der Waals surface area (Å²) in [6.07, 6.45) is 4.03. The van der Waals surface area contributed by atoms with Crippen LogP contribution in [0.2, 0.25) is 0 Å². The van der Waals surface area contributed by atoms with E-state index in [0.717, 1.165) is 5.56 Å². The van der Waals surface area contributed by atoms with Crippen LogP contribution in [0.1, 0.15) is 24.8 Å². The minimum absolute atomic E-state index is 0.848. The Morgan fingerprint density at radius 2 is 1.54 bits per heavy atom. The van der Waals surface area contributed by atoms with Crippen LogP contribution in [0.15, 0.2) is 24.3 Å². The van der Waals surface area contributed by atoms with Gasteiger partial charge in [0.25, 0.3) is 0 Å². The van der Waals surface area contributed by atoms with E-state index in [4.69, 9.17) is 6.92 Å². The van der Waals surface area contributed by atoms with Crippen LogP contribution in [0.25, 0.3) is 0 Å². The maximum Gasteiger partial charge on any atom is 0.0366 e. The van der Waals surface area contributed by atoms with Crippen molar-refractivity contribution in [3.63, 3.8) is 0 Å². The van der Waals surface area contributed by atoms with Gasteiger partial charge in [0.05, 0.1) is 0 Å². The zero-order chi connectivity index (χ0) is 9.10. The summed E-state index contributed by atoms with van der Waals surface area (Å²) in [4.78, 5) is 2.43. The summed E-state index contributed by atoms with van der Waals surface area (Å²) in [5.74, 6) is 0. The Balaban J connectivity index is 2.10. The molecule has 2 rings (SSSR count). The number of piperidine rings is 1. The van der Waals surface area contributed by atoms with Crippen LogP contribution in [0.3, 0.4) is 0 Å². The zero-order valence-electron chi connectivity index (χ0n) is 7.87. The van der Waals surface area contributed by atoms with Crippen molar-refractivity contribution in [3.05, 3.63) is 36.8 Å². The fourth-order valence-corrected chi connectivity index (χ4v) is 1.84. The standard InChI is InChI=1S/C12H15N/c1-11-5-7-12(8-6-11)13-9-3-2-4-10-13/h1,5-8H,2-4,9-10H2. The lowest BCUT2D eigenvalue weighted by molar-refractivity contribution is 0.578. The van der Waals surface area contributed by atoms with Crippen molar-refractivity contribution in [3.8, 4) is 0 Å². The summed E-state index contributed by atoms with van der Waals surface area (Å²) in [5, 5.41) is 0. The van der Waals surface area contributed by atoms with E-state index in [2.05, 4.69) is 17.0 Å². The molecule has 1 aliphatic heterocycles. The van der Waals surface area contributed by atoms with Crippen LogP contribution >= 0.6 is 0 Å². The Hall–Kier alpha value is -0.980. The molecule has 1 aliphatic rings. The highest BCUT2D eigenvalue weighted by atomic mass is 15.1. The first-order chi connectivity index (χ1) is 6.36. The second-order valence-corrected chi connectivity index (χ2v) is 3.64. The molecule has 13 heavy (non-hydrogen) atoms. The number of hydrogen-bond donors (Lipinski definition) is 0. The van der Waals surface area contributed by atoms with Crippen molar-refractivity contribution in [1.82, 2.24) is 0 Å². The van der Waals surface area contributed by atoms with Crippen LogP contribution in [-0.2, 0) is 0 Å². The molecule has 1 heteroatoms. The van der Waals surface area contributed by atoms with Gasteiger partial charge in [-0.15, -0.1) is 0 Å². The Bertz CT molecular complexity index is 257. The molecule has 0 saturated carbocycles. The van der Waals surface area contributed by atoms with E-state index >= 15 is 0 Å². The van der Waals surface area contributed by atoms with Gasteiger partial charge in [-0.05, 0) is 43.9 Å². The van der Waals surface area contributed by atoms with E-state index in [1.54, 1.807) is 0 Å². The van der Waals surface area contributed by atoms with Crippen LogP contribution in [0.5, 0.6) is 0 Å². The Labute approximate surface area is 80.4 Å². The largest absolute Gasteiger partial charge is 0.372 e. The fourth-order valence-electron chi connectivity index (χ4n) is 1.84. The molecule has 0 atom stereocenters. The number of benzene rings is 1. The molecule has 0 aromatic heterocycles. The van der Waals surface area contributed by atoms with E-state index in [0.29, 0.717) is 0 Å². The molecule has 0 amide bonds. The number of rotatable bonds is 1. The van der Waals surface area contributed by atoms with Gasteiger partial charge in [-0.2, -0.15) is 0 Å². The normalized spacial score (nSPS) is 17.5. The minimum atomic E-state index is 0.848. The van der Waals surface area contributed by atoms with Crippen LogP contribution in [-0.4, -0.2) is 13.1 Å². The fraction of sp³-hybridized carbons (Fsp3) is 0.417. The second-order valence-electron chi connectivity index (χ2n) is 3.64. The maximum absolute atomic E-state index is 5.64. The highest BCUT2D eigenvalue weighted by molar-refractivity contribution is 5.48. The van der Waals surface area contributed by atoms with Gasteiger partial charge in [-0.1, -0.05) is 12.1 Å². The van der Waals surface area contributed by atoms with E-state index in [9.17, 15) is 0 Å². The highest BCUT2D eigenvalue weighted by Gasteiger charge is 2.09. The van der Waals surface area contributed by atoms with E-state index < -0.39 is 0 Å². The molecule has 68 valence electrons. The molecule has 1 saturated heterocycles. The van der Waals surface area contributed by atoms with Crippen molar-refractivity contribution >= 4 is 5.69 Å². The minimum Gasteiger partial charge on any atom is -0.372 e. The molecule has 0 bridgehead atoms. The van der Waals surface area contributed by atoms with Crippen LogP contribution in [0.4, 0.5) is 5.69 Å². The SMILES string of the molecule is [CH]c1ccc(N2CCCCC2)cc1. The number of hydrogen-bond acceptors (Lipinski definition) is 1. The van der Waals surface area contributed by atoms with Crippen molar-refractivity contribution in [2.75, 3.05) is 18.0 Å². The van der Waals surface area contributed by atoms with E-state index in [-0.39, 0.29) is 0 Å². The molecule has 1 heterocycles. The van der Waals surface area contributed by atoms with Crippen molar-refractivity contribution in [2.45, 2.75) is 19.3 Å². The third-order valence-electron chi connectivity index (χ3n) is 2.61. The van der Waals surface area contributed by atoms with Gasteiger partial charge >= 0.3 is 0 Å². The third kappa shape index (κ3) is 2.03. The lowest BCUT2D eigenvalue weighted by Gasteiger charge is -2.28. The van der Waals surface area contributed by atoms with Crippen molar-refractivity contribution < 1.29 is 0 Å². The van der Waals surface area contributed by atoms with Gasteiger partial charge in [0, 0.05) is 18.8 Å². The third-order valence-corrected chi connectivity index (χ3v) is 2.61. The Kier molecular flexibility index (Phi) is 2.53. The lowest BCUT2D eigenvalue weighted by atomic mass is 10.1. The maximum atomic E-state index is 5.64. The average molecular weight is 173 g/mol. The van der Waals surface area contributed by atoms with Crippen LogP contribution in [0, 0.1) is 6.92 Å². The van der Waals surface area contributed by atoms with Gasteiger partial charge in [0.1, 0.15) is 0 Å². The molecular weight excluding hydrogens is 158 g/mol. The molecule has 0 unspecified atom stereocenters. The smallest absolute Gasteiger partial charge is 0.0366 e. The first-order valence-corrected chi connectivity index (χ1v) is 4.97. The molecule has 1 aromatic carbocycles. The summed E-state index contributed by atoms with van der Waals surface area (Å²) in [7, 11) is 0. The first-order valence-electron chi connectivity index (χ1n) is 4.97. The summed E-state index contributed by atoms with van der Waals surface area (Å²) in [5.41, 5.74) is 2.16. The predicted octanol–water partition coefficient (Wildman–Crippen LogP) is 2.74. The first kappa shape index (κ1) is 8.61. The molecule has 1 fully saturated rings. The molecule has 0 N–H and O–H groups in total. The van der Waals surface area contributed by atoms with Gasteiger partial charge < -0.3 is 4.90 Å². The van der Waals surface area contributed by atoms with E-state index in [1.807, 2.05) is 12.1 Å². The summed E-state index contributed by atoms with van der Waals surface area (Å²) >= 11 is 0. The monoisotopic (exact) mass is 173 g/mol. The van der Waals surface area contributed by atoms with E-state index in [1.165, 1.54) is 38.0 Å². The summed E-state index contributed by atoms with van der Waals surface area (Å²) in [6, 6.07) is 8.18. The number of anilines is 1. The second kappa shape index (κ2) is 3.82. The zero-order valence-corrected chi connectivity index (χ0v) is 7.87. The molecule has 0 spiro atoms. The van der Waals surface area contributed by atoms with Crippen molar-refractivity contribution in [1.29, 1.82) is 0 Å². The lowest BCUT2D eigenvalue weighted by Crippen LogP contribution is -2.29. The summed E-state index contributed by atoms with van der Waals surface area (Å²) < 4.78 is 0. The highest BCUT2D eigenvalue weighted by Crippen LogP contribution is 2.19. The Morgan fingerprint density at radius 3 is 2.15 bits per heavy atom. The quantitative estimate of drug-likeness (QED) is 0.631. The van der Waals surface area contributed by atoms with Gasteiger partial charge in [-0.25, -0.2) is 0 Å². The molecular formula is C12H15N. The topological polar surface area (TPSA) is 3.24 Å². The predicted molar refractivity (Wildman–Crippen MR) is 55.9 cm³/mol. The van der Waals surface area contributed by atoms with Gasteiger partial charge in [0.15, 0.2) is 0 Å². The van der Waals surface area contributed by atoms with Gasteiger partial charge in [-0.3, -0.25) is 0 Å². The van der Waals surface area contributed by atoms with Crippen LogP contribution < -0.4 is 4.90 Å². The summed E-state index contributed by atoms with van der Waals surface area (Å²) in [6.45, 7) is 8.03.